The summed E-state index contributed by atoms with van der Waals surface area (Å²) < 4.78 is 7.54. The van der Waals surface area contributed by atoms with Gasteiger partial charge in [-0.2, -0.15) is 4.68 Å². The van der Waals surface area contributed by atoms with Crippen molar-refractivity contribution in [2.24, 2.45) is 29.1 Å². The Morgan fingerprint density at radius 3 is 2.49 bits per heavy atom. The largest absolute Gasteiger partial charge is 0.457 e. The third-order valence-electron chi connectivity index (χ3n) is 11.3. The van der Waals surface area contributed by atoms with Crippen molar-refractivity contribution in [1.29, 1.82) is 0 Å². The Labute approximate surface area is 254 Å². The van der Waals surface area contributed by atoms with E-state index in [2.05, 4.69) is 36.4 Å². The number of hydrogen-bond donors (Lipinski definition) is 1. The van der Waals surface area contributed by atoms with E-state index in [0.29, 0.717) is 58.4 Å². The molecule has 2 amide bonds. The predicted octanol–water partition coefficient (Wildman–Crippen LogP) is 7.16. The van der Waals surface area contributed by atoms with Gasteiger partial charge in [-0.05, 0) is 91.9 Å². The van der Waals surface area contributed by atoms with Crippen molar-refractivity contribution in [2.75, 3.05) is 6.54 Å². The lowest BCUT2D eigenvalue weighted by atomic mass is 9.45. The molecule has 43 heavy (non-hydrogen) atoms. The van der Waals surface area contributed by atoms with Crippen molar-refractivity contribution in [3.8, 4) is 22.8 Å². The number of para-hydroxylation sites is 2. The van der Waals surface area contributed by atoms with E-state index in [1.54, 1.807) is 0 Å². The number of piperidine rings is 1. The van der Waals surface area contributed by atoms with E-state index in [1.807, 2.05) is 59.5 Å². The molecule has 4 saturated carbocycles. The third kappa shape index (κ3) is 4.92. The molecule has 2 unspecified atom stereocenters. The van der Waals surface area contributed by atoms with Gasteiger partial charge in [0.15, 0.2) is 5.69 Å². The Morgan fingerprint density at radius 1 is 0.953 bits per heavy atom. The molecule has 1 aliphatic heterocycles. The average Bonchev–Trinajstić information content (AvgIpc) is 3.47. The van der Waals surface area contributed by atoms with E-state index < -0.39 is 0 Å². The molecule has 3 aromatic rings. The molecule has 4 aliphatic carbocycles. The lowest BCUT2D eigenvalue weighted by Gasteiger charge is -2.62. The standard InChI is InChI=1S/C35H43N5O3/c1-22-27-20-24(35(27,2)3)21-28(22)36-33(41)32-31(26-16-8-10-18-30(26)43-25-14-5-4-6-15-25)37-38-40(32)34(42)39-19-11-13-23-12-7-9-17-29(23)39/h4-6,8,10,14-16,18,22-24,27-29H,7,9,11-13,17,19-21H2,1-3H3,(H,36,41)/t22-,23?,24-,27-,28+,29?/m0/s1. The van der Waals surface area contributed by atoms with Crippen LogP contribution in [0, 0.1) is 29.1 Å². The van der Waals surface area contributed by atoms with Crippen molar-refractivity contribution >= 4 is 11.9 Å². The summed E-state index contributed by atoms with van der Waals surface area (Å²) >= 11 is 0. The Kier molecular flexibility index (Phi) is 7.26. The number of fused-ring (bicyclic) bond motifs is 3. The summed E-state index contributed by atoms with van der Waals surface area (Å²) in [4.78, 5) is 30.6. The summed E-state index contributed by atoms with van der Waals surface area (Å²) in [5, 5.41) is 12.3. The van der Waals surface area contributed by atoms with Crippen molar-refractivity contribution in [3.05, 3.63) is 60.3 Å². The highest BCUT2D eigenvalue weighted by Gasteiger charge is 2.56. The molecular weight excluding hydrogens is 538 g/mol. The molecule has 8 heteroatoms. The van der Waals surface area contributed by atoms with Crippen molar-refractivity contribution in [1.82, 2.24) is 25.2 Å². The highest BCUT2D eigenvalue weighted by atomic mass is 16.5. The van der Waals surface area contributed by atoms with E-state index in [4.69, 9.17) is 4.74 Å². The summed E-state index contributed by atoms with van der Waals surface area (Å²) in [5.74, 6) is 2.99. The van der Waals surface area contributed by atoms with Gasteiger partial charge < -0.3 is 15.0 Å². The smallest absolute Gasteiger partial charge is 0.347 e. The first kappa shape index (κ1) is 28.1. The SMILES string of the molecule is C[C@@H]1[C@H](NC(=O)c2c(-c3ccccc3Oc3ccccc3)nnn2C(=O)N2CCCC3CCCCC32)C[C@@H]2C[C@@H]1C2(C)C. The molecule has 2 aromatic carbocycles. The first-order valence-electron chi connectivity index (χ1n) is 16.2. The summed E-state index contributed by atoms with van der Waals surface area (Å²) in [5.41, 5.74) is 1.50. The maximum Gasteiger partial charge on any atom is 0.347 e. The van der Waals surface area contributed by atoms with Crippen molar-refractivity contribution in [2.45, 2.75) is 84.2 Å². The summed E-state index contributed by atoms with van der Waals surface area (Å²) in [6.07, 6.45) is 8.83. The number of carbonyl (C=O) groups is 2. The van der Waals surface area contributed by atoms with Crippen LogP contribution in [-0.4, -0.2) is 50.5 Å². The first-order chi connectivity index (χ1) is 20.8. The highest BCUT2D eigenvalue weighted by molar-refractivity contribution is 6.02. The lowest BCUT2D eigenvalue weighted by molar-refractivity contribution is -0.113. The zero-order valence-electron chi connectivity index (χ0n) is 25.5. The van der Waals surface area contributed by atoms with Gasteiger partial charge in [-0.1, -0.05) is 69.2 Å². The summed E-state index contributed by atoms with van der Waals surface area (Å²) in [7, 11) is 0. The Balaban J connectivity index is 1.25. The minimum Gasteiger partial charge on any atom is -0.457 e. The van der Waals surface area contributed by atoms with Gasteiger partial charge in [-0.3, -0.25) is 4.79 Å². The third-order valence-corrected chi connectivity index (χ3v) is 11.3. The molecule has 2 heterocycles. The molecule has 1 aromatic heterocycles. The van der Waals surface area contributed by atoms with Crippen molar-refractivity contribution < 1.29 is 14.3 Å². The highest BCUT2D eigenvalue weighted by Crippen LogP contribution is 2.61. The number of benzene rings is 2. The van der Waals surface area contributed by atoms with Gasteiger partial charge in [-0.25, -0.2) is 4.79 Å². The summed E-state index contributed by atoms with van der Waals surface area (Å²) in [6.45, 7) is 7.66. The Morgan fingerprint density at radius 2 is 1.70 bits per heavy atom. The predicted molar refractivity (Wildman–Crippen MR) is 165 cm³/mol. The molecule has 1 N–H and O–H groups in total. The number of nitrogens with one attached hydrogen (secondary N) is 1. The molecular formula is C35H43N5O3. The second kappa shape index (κ2) is 11.1. The first-order valence-corrected chi connectivity index (χ1v) is 16.2. The van der Waals surface area contributed by atoms with Crippen LogP contribution in [0.3, 0.4) is 0 Å². The topological polar surface area (TPSA) is 89.3 Å². The van der Waals surface area contributed by atoms with Crippen LogP contribution in [0.4, 0.5) is 4.79 Å². The van der Waals surface area contributed by atoms with Gasteiger partial charge >= 0.3 is 6.03 Å². The number of rotatable bonds is 5. The minimum atomic E-state index is -0.295. The van der Waals surface area contributed by atoms with Crippen LogP contribution in [0.2, 0.25) is 0 Å². The fourth-order valence-electron chi connectivity index (χ4n) is 8.73. The number of nitrogens with zero attached hydrogens (tertiary/aromatic N) is 4. The fourth-order valence-corrected chi connectivity index (χ4v) is 8.73. The molecule has 0 radical (unpaired) electrons. The van der Waals surface area contributed by atoms with Gasteiger partial charge in [0.1, 0.15) is 17.2 Å². The van der Waals surface area contributed by atoms with Gasteiger partial charge in [0.2, 0.25) is 0 Å². The van der Waals surface area contributed by atoms with Crippen LogP contribution < -0.4 is 10.1 Å². The normalized spacial score (nSPS) is 29.2. The van der Waals surface area contributed by atoms with Gasteiger partial charge in [-0.15, -0.1) is 5.10 Å². The zero-order chi connectivity index (χ0) is 29.7. The van der Waals surface area contributed by atoms with Crippen LogP contribution >= 0.6 is 0 Å². The molecule has 8 rings (SSSR count). The van der Waals surface area contributed by atoms with Crippen LogP contribution in [0.15, 0.2) is 54.6 Å². The molecule has 5 fully saturated rings. The van der Waals surface area contributed by atoms with Crippen LogP contribution in [0.25, 0.3) is 11.3 Å². The quantitative estimate of drug-likeness (QED) is 0.345. The van der Waals surface area contributed by atoms with E-state index in [-0.39, 0.29) is 29.7 Å². The van der Waals surface area contributed by atoms with Gasteiger partial charge in [0.05, 0.1) is 0 Å². The average molecular weight is 582 g/mol. The van der Waals surface area contributed by atoms with E-state index in [0.717, 1.165) is 38.5 Å². The number of aromatic nitrogens is 3. The summed E-state index contributed by atoms with van der Waals surface area (Å²) in [6, 6.07) is 17.1. The van der Waals surface area contributed by atoms with Gasteiger partial charge in [0.25, 0.3) is 5.91 Å². The molecule has 1 saturated heterocycles. The molecule has 5 aliphatic rings. The monoisotopic (exact) mass is 581 g/mol. The maximum atomic E-state index is 14.3. The number of hydrogen-bond acceptors (Lipinski definition) is 5. The maximum absolute atomic E-state index is 14.3. The zero-order valence-corrected chi connectivity index (χ0v) is 25.5. The van der Waals surface area contributed by atoms with E-state index in [9.17, 15) is 9.59 Å². The second-order valence-corrected chi connectivity index (χ2v) is 13.9. The number of carbonyl (C=O) groups excluding carboxylic acids is 2. The van der Waals surface area contributed by atoms with Gasteiger partial charge in [0, 0.05) is 24.2 Å². The molecule has 6 atom stereocenters. The molecule has 2 bridgehead atoms. The molecule has 8 nitrogen and oxygen atoms in total. The second-order valence-electron chi connectivity index (χ2n) is 13.9. The molecule has 226 valence electrons. The van der Waals surface area contributed by atoms with E-state index >= 15 is 0 Å². The Hall–Kier alpha value is -3.68. The van der Waals surface area contributed by atoms with Crippen LogP contribution in [0.1, 0.15) is 82.6 Å². The van der Waals surface area contributed by atoms with Crippen molar-refractivity contribution in [3.63, 3.8) is 0 Å². The Bertz CT molecular complexity index is 1500. The van der Waals surface area contributed by atoms with E-state index in [1.165, 1.54) is 17.5 Å². The molecule has 0 spiro atoms. The van der Waals surface area contributed by atoms with Crippen LogP contribution in [0.5, 0.6) is 11.5 Å². The number of amides is 2. The number of likely N-dealkylation sites (tertiary alicyclic amines) is 1. The van der Waals surface area contributed by atoms with Crippen LogP contribution in [-0.2, 0) is 0 Å². The fraction of sp³-hybridized carbons (Fsp3) is 0.543. The lowest BCUT2D eigenvalue weighted by Crippen LogP contribution is -2.60. The number of ether oxygens (including phenoxy) is 1. The minimum absolute atomic E-state index is 0.0455.